The lowest BCUT2D eigenvalue weighted by molar-refractivity contribution is -0.134. The Labute approximate surface area is 121 Å². The first kappa shape index (κ1) is 16.8. The van der Waals surface area contributed by atoms with Crippen LogP contribution in [0, 0.1) is 0 Å². The van der Waals surface area contributed by atoms with Crippen molar-refractivity contribution in [1.82, 2.24) is 14.7 Å². The maximum Gasteiger partial charge on any atom is 0.320 e. The predicted octanol–water partition coefficient (Wildman–Crippen LogP) is 0.720. The molecule has 116 valence electrons. The minimum Gasteiger partial charge on any atom is -0.338 e. The summed E-state index contributed by atoms with van der Waals surface area (Å²) in [4.78, 5) is 29.7. The van der Waals surface area contributed by atoms with Crippen molar-refractivity contribution in [3.63, 3.8) is 0 Å². The molecule has 0 aromatic rings. The van der Waals surface area contributed by atoms with E-state index in [4.69, 9.17) is 5.73 Å². The largest absolute Gasteiger partial charge is 0.338 e. The van der Waals surface area contributed by atoms with Gasteiger partial charge >= 0.3 is 6.03 Å². The first-order valence-electron chi connectivity index (χ1n) is 7.63. The minimum absolute atomic E-state index is 0.0155. The summed E-state index contributed by atoms with van der Waals surface area (Å²) < 4.78 is 0. The molecule has 20 heavy (non-hydrogen) atoms. The highest BCUT2D eigenvalue weighted by Crippen LogP contribution is 2.08. The van der Waals surface area contributed by atoms with Gasteiger partial charge in [-0.15, -0.1) is 0 Å². The molecule has 1 saturated heterocycles. The molecule has 0 radical (unpaired) electrons. The summed E-state index contributed by atoms with van der Waals surface area (Å²) in [7, 11) is 0. The molecular formula is C14H28N4O2. The van der Waals surface area contributed by atoms with Crippen LogP contribution in [0.3, 0.4) is 0 Å². The molecule has 1 rings (SSSR count). The maximum atomic E-state index is 12.2. The van der Waals surface area contributed by atoms with Crippen molar-refractivity contribution in [3.8, 4) is 0 Å². The zero-order chi connectivity index (χ0) is 15.1. The van der Waals surface area contributed by atoms with E-state index >= 15 is 0 Å². The van der Waals surface area contributed by atoms with Crippen molar-refractivity contribution >= 4 is 11.9 Å². The lowest BCUT2D eigenvalue weighted by atomic mass is 10.1. The minimum atomic E-state index is -0.398. The highest BCUT2D eigenvalue weighted by molar-refractivity contribution is 5.82. The van der Waals surface area contributed by atoms with Gasteiger partial charge in [-0.2, -0.15) is 0 Å². The zero-order valence-electron chi connectivity index (χ0n) is 13.0. The first-order valence-corrected chi connectivity index (χ1v) is 7.63. The third kappa shape index (κ3) is 4.10. The molecule has 0 aliphatic carbocycles. The lowest BCUT2D eigenvalue weighted by Gasteiger charge is -2.38. The second-order valence-corrected chi connectivity index (χ2v) is 5.16. The van der Waals surface area contributed by atoms with Gasteiger partial charge in [0.2, 0.25) is 5.91 Å². The molecule has 1 atom stereocenters. The fourth-order valence-corrected chi connectivity index (χ4v) is 2.48. The fourth-order valence-electron chi connectivity index (χ4n) is 2.48. The number of piperazine rings is 1. The molecule has 6 nitrogen and oxygen atoms in total. The van der Waals surface area contributed by atoms with Gasteiger partial charge in [-0.3, -0.25) is 4.79 Å². The number of rotatable bonds is 5. The zero-order valence-corrected chi connectivity index (χ0v) is 13.0. The van der Waals surface area contributed by atoms with E-state index in [-0.39, 0.29) is 11.9 Å². The standard InChI is InChI=1S/C14H28N4O2/c1-4-7-12(15)13(19)17-8-10-18(11-9-17)14(20)16(5-2)6-3/h12H,4-11,15H2,1-3H3/t12-/m0/s1. The maximum absolute atomic E-state index is 12.2. The van der Waals surface area contributed by atoms with Crippen molar-refractivity contribution in [2.24, 2.45) is 5.73 Å². The Morgan fingerprint density at radius 2 is 1.55 bits per heavy atom. The molecule has 2 N–H and O–H groups in total. The Morgan fingerprint density at radius 1 is 1.05 bits per heavy atom. The van der Waals surface area contributed by atoms with E-state index in [1.165, 1.54) is 0 Å². The van der Waals surface area contributed by atoms with Crippen LogP contribution in [-0.2, 0) is 4.79 Å². The van der Waals surface area contributed by atoms with Gasteiger partial charge in [0.05, 0.1) is 6.04 Å². The topological polar surface area (TPSA) is 69.9 Å². The van der Waals surface area contributed by atoms with Crippen LogP contribution >= 0.6 is 0 Å². The Bertz CT molecular complexity index is 323. The normalized spacial score (nSPS) is 17.0. The van der Waals surface area contributed by atoms with E-state index in [1.54, 1.807) is 9.80 Å². The van der Waals surface area contributed by atoms with Gasteiger partial charge in [-0.25, -0.2) is 4.79 Å². The van der Waals surface area contributed by atoms with Crippen molar-refractivity contribution in [2.75, 3.05) is 39.3 Å². The third-order valence-corrected chi connectivity index (χ3v) is 3.81. The molecule has 0 aromatic heterocycles. The lowest BCUT2D eigenvalue weighted by Crippen LogP contribution is -2.56. The van der Waals surface area contributed by atoms with Crippen LogP contribution in [-0.4, -0.2) is 71.9 Å². The highest BCUT2D eigenvalue weighted by atomic mass is 16.2. The molecular weight excluding hydrogens is 256 g/mol. The number of urea groups is 1. The second-order valence-electron chi connectivity index (χ2n) is 5.16. The molecule has 1 heterocycles. The van der Waals surface area contributed by atoms with Crippen molar-refractivity contribution in [1.29, 1.82) is 0 Å². The van der Waals surface area contributed by atoms with Gasteiger partial charge in [0.15, 0.2) is 0 Å². The predicted molar refractivity (Wildman–Crippen MR) is 79.4 cm³/mol. The number of hydrogen-bond acceptors (Lipinski definition) is 3. The average Bonchev–Trinajstić information content (AvgIpc) is 2.48. The summed E-state index contributed by atoms with van der Waals surface area (Å²) >= 11 is 0. The molecule has 1 aliphatic rings. The van der Waals surface area contributed by atoms with E-state index in [9.17, 15) is 9.59 Å². The number of amides is 3. The Kier molecular flexibility index (Phi) is 6.78. The number of carbonyl (C=O) groups excluding carboxylic acids is 2. The summed E-state index contributed by atoms with van der Waals surface area (Å²) in [5, 5.41) is 0. The molecule has 0 spiro atoms. The summed E-state index contributed by atoms with van der Waals surface area (Å²) in [6.07, 6.45) is 1.63. The SMILES string of the molecule is CCC[C@H](N)C(=O)N1CCN(C(=O)N(CC)CC)CC1. The van der Waals surface area contributed by atoms with E-state index in [1.807, 2.05) is 25.7 Å². The molecule has 0 aromatic carbocycles. The van der Waals surface area contributed by atoms with Crippen LogP contribution in [0.4, 0.5) is 4.79 Å². The molecule has 0 bridgehead atoms. The molecule has 0 unspecified atom stereocenters. The van der Waals surface area contributed by atoms with Crippen LogP contribution in [0.1, 0.15) is 33.6 Å². The second kappa shape index (κ2) is 8.09. The Hall–Kier alpha value is -1.30. The number of nitrogens with zero attached hydrogens (tertiary/aromatic N) is 3. The van der Waals surface area contributed by atoms with Gasteiger partial charge in [-0.1, -0.05) is 13.3 Å². The highest BCUT2D eigenvalue weighted by Gasteiger charge is 2.28. The molecule has 3 amide bonds. The van der Waals surface area contributed by atoms with Crippen LogP contribution in [0.15, 0.2) is 0 Å². The molecule has 1 fully saturated rings. The average molecular weight is 284 g/mol. The van der Waals surface area contributed by atoms with Crippen LogP contribution in [0.2, 0.25) is 0 Å². The van der Waals surface area contributed by atoms with Gasteiger partial charge in [0, 0.05) is 39.3 Å². The third-order valence-electron chi connectivity index (χ3n) is 3.81. The van der Waals surface area contributed by atoms with Crippen LogP contribution < -0.4 is 5.73 Å². The fraction of sp³-hybridized carbons (Fsp3) is 0.857. The van der Waals surface area contributed by atoms with Crippen molar-refractivity contribution < 1.29 is 9.59 Å². The van der Waals surface area contributed by atoms with Crippen molar-refractivity contribution in [2.45, 2.75) is 39.7 Å². The van der Waals surface area contributed by atoms with Gasteiger partial charge in [0.1, 0.15) is 0 Å². The van der Waals surface area contributed by atoms with Gasteiger partial charge in [0.25, 0.3) is 0 Å². The van der Waals surface area contributed by atoms with Crippen molar-refractivity contribution in [3.05, 3.63) is 0 Å². The van der Waals surface area contributed by atoms with Crippen LogP contribution in [0.5, 0.6) is 0 Å². The summed E-state index contributed by atoms with van der Waals surface area (Å²) in [6.45, 7) is 9.78. The van der Waals surface area contributed by atoms with E-state index < -0.39 is 6.04 Å². The molecule has 6 heteroatoms. The van der Waals surface area contributed by atoms with Crippen LogP contribution in [0.25, 0.3) is 0 Å². The monoisotopic (exact) mass is 284 g/mol. The van der Waals surface area contributed by atoms with E-state index in [2.05, 4.69) is 0 Å². The Morgan fingerprint density at radius 3 is 2.00 bits per heavy atom. The summed E-state index contributed by atoms with van der Waals surface area (Å²) in [6, 6.07) is -0.329. The molecule has 1 aliphatic heterocycles. The smallest absolute Gasteiger partial charge is 0.320 e. The summed E-state index contributed by atoms with van der Waals surface area (Å²) in [5.41, 5.74) is 5.86. The Balaban J connectivity index is 2.47. The van der Waals surface area contributed by atoms with Gasteiger partial charge in [-0.05, 0) is 20.3 Å². The van der Waals surface area contributed by atoms with E-state index in [0.29, 0.717) is 26.2 Å². The molecule has 0 saturated carbocycles. The number of hydrogen-bond donors (Lipinski definition) is 1. The summed E-state index contributed by atoms with van der Waals surface area (Å²) in [5.74, 6) is 0.0155. The van der Waals surface area contributed by atoms with E-state index in [0.717, 1.165) is 25.9 Å². The quantitative estimate of drug-likeness (QED) is 0.808. The number of nitrogens with two attached hydrogens (primary N) is 1. The first-order chi connectivity index (χ1) is 9.54. The van der Waals surface area contributed by atoms with Gasteiger partial charge < -0.3 is 20.4 Å². The number of carbonyl (C=O) groups is 2.